The van der Waals surface area contributed by atoms with Gasteiger partial charge in [-0.15, -0.1) is 0 Å². The zero-order valence-electron chi connectivity index (χ0n) is 17.3. The number of ether oxygens (including phenoxy) is 1. The molecule has 0 bridgehead atoms. The molecule has 3 heterocycles. The van der Waals surface area contributed by atoms with Gasteiger partial charge in [-0.2, -0.15) is 9.36 Å². The van der Waals surface area contributed by atoms with Gasteiger partial charge in [-0.3, -0.25) is 4.98 Å². The van der Waals surface area contributed by atoms with Crippen LogP contribution in [-0.2, 0) is 13.7 Å². The molecule has 1 aromatic carbocycles. The van der Waals surface area contributed by atoms with Crippen molar-refractivity contribution in [1.82, 2.24) is 29.8 Å². The van der Waals surface area contributed by atoms with E-state index in [-0.39, 0.29) is 12.3 Å². The van der Waals surface area contributed by atoms with Gasteiger partial charge in [0.25, 0.3) is 0 Å². The van der Waals surface area contributed by atoms with Gasteiger partial charge in [-0.1, -0.05) is 18.2 Å². The summed E-state index contributed by atoms with van der Waals surface area (Å²) in [6, 6.07) is 15.4. The van der Waals surface area contributed by atoms with Gasteiger partial charge in [0.15, 0.2) is 0 Å². The molecule has 0 fully saturated rings. The van der Waals surface area contributed by atoms with Gasteiger partial charge in [-0.05, 0) is 61.0 Å². The first kappa shape index (κ1) is 19.5. The third-order valence-corrected chi connectivity index (χ3v) is 4.92. The van der Waals surface area contributed by atoms with Crippen molar-refractivity contribution in [3.63, 3.8) is 0 Å². The minimum absolute atomic E-state index is 0.250. The molecular weight excluding hydrogens is 380 g/mol. The molecule has 0 spiro atoms. The maximum atomic E-state index is 12.3. The van der Waals surface area contributed by atoms with E-state index in [2.05, 4.69) is 20.4 Å². The number of aryl methyl sites for hydroxylation is 4. The number of benzene rings is 1. The molecule has 0 saturated heterocycles. The van der Waals surface area contributed by atoms with Crippen LogP contribution in [0.2, 0.25) is 0 Å². The average molecular weight is 402 g/mol. The summed E-state index contributed by atoms with van der Waals surface area (Å²) in [6.45, 7) is 6.12. The minimum atomic E-state index is -0.314. The van der Waals surface area contributed by atoms with Crippen molar-refractivity contribution in [1.29, 1.82) is 0 Å². The van der Waals surface area contributed by atoms with Crippen molar-refractivity contribution in [2.45, 2.75) is 27.4 Å². The zero-order chi connectivity index (χ0) is 21.3. The maximum absolute atomic E-state index is 12.3. The minimum Gasteiger partial charge on any atom is -0.473 e. The molecule has 0 saturated carbocycles. The van der Waals surface area contributed by atoms with Crippen molar-refractivity contribution < 1.29 is 4.74 Å². The second-order valence-corrected chi connectivity index (χ2v) is 7.10. The van der Waals surface area contributed by atoms with Gasteiger partial charge >= 0.3 is 5.69 Å². The number of hydrogen-bond acceptors (Lipinski definition) is 6. The van der Waals surface area contributed by atoms with Crippen LogP contribution in [0.4, 0.5) is 0 Å². The molecule has 0 N–H and O–H groups in total. The molecular formula is C22H22N6O2. The lowest BCUT2D eigenvalue weighted by atomic mass is 10.1. The number of hydrogen-bond donors (Lipinski definition) is 0. The summed E-state index contributed by atoms with van der Waals surface area (Å²) in [6.07, 6.45) is 0. The lowest BCUT2D eigenvalue weighted by Gasteiger charge is -2.13. The molecule has 3 aromatic heterocycles. The second kappa shape index (κ2) is 7.90. The molecule has 0 unspecified atom stereocenters. The van der Waals surface area contributed by atoms with Crippen LogP contribution in [0.15, 0.2) is 53.3 Å². The highest BCUT2D eigenvalue weighted by molar-refractivity contribution is 5.62. The van der Waals surface area contributed by atoms with Gasteiger partial charge in [0, 0.05) is 29.9 Å². The number of rotatable bonds is 5. The number of tetrazole rings is 1. The van der Waals surface area contributed by atoms with E-state index in [0.29, 0.717) is 11.6 Å². The highest BCUT2D eigenvalue weighted by atomic mass is 16.5. The van der Waals surface area contributed by atoms with Gasteiger partial charge in [0.1, 0.15) is 6.61 Å². The lowest BCUT2D eigenvalue weighted by Crippen LogP contribution is -2.23. The molecule has 0 radical (unpaired) electrons. The highest BCUT2D eigenvalue weighted by Crippen LogP contribution is 2.24. The third kappa shape index (κ3) is 3.71. The van der Waals surface area contributed by atoms with E-state index in [0.717, 1.165) is 33.8 Å². The summed E-state index contributed by atoms with van der Waals surface area (Å²) in [5.74, 6) is 0.504. The number of nitrogens with zero attached hydrogens (tertiary/aromatic N) is 6. The molecule has 0 amide bonds. The summed E-state index contributed by atoms with van der Waals surface area (Å²) < 4.78 is 8.44. The van der Waals surface area contributed by atoms with Gasteiger partial charge in [0.05, 0.1) is 17.1 Å². The standard InChI is InChI=1S/C22H22N6O2/c1-14-7-5-10-20(28-22(29)27(4)25-26-28)18(14)13-30-21-12-11-17(16(3)24-21)19-9-6-8-15(2)23-19/h5-12H,13H2,1-4H3. The van der Waals surface area contributed by atoms with Gasteiger partial charge < -0.3 is 4.74 Å². The smallest absolute Gasteiger partial charge is 0.368 e. The monoisotopic (exact) mass is 402 g/mol. The lowest BCUT2D eigenvalue weighted by molar-refractivity contribution is 0.292. The molecule has 30 heavy (non-hydrogen) atoms. The molecule has 8 nitrogen and oxygen atoms in total. The van der Waals surface area contributed by atoms with Crippen LogP contribution < -0.4 is 10.4 Å². The number of aromatic nitrogens is 6. The van der Waals surface area contributed by atoms with E-state index >= 15 is 0 Å². The first-order chi connectivity index (χ1) is 14.4. The Kier molecular flexibility index (Phi) is 5.14. The summed E-state index contributed by atoms with van der Waals surface area (Å²) in [4.78, 5) is 21.4. The van der Waals surface area contributed by atoms with E-state index in [1.54, 1.807) is 7.05 Å². The topological polar surface area (TPSA) is 87.7 Å². The normalized spacial score (nSPS) is 10.9. The second-order valence-electron chi connectivity index (χ2n) is 7.10. The van der Waals surface area contributed by atoms with Crippen LogP contribution in [0.5, 0.6) is 5.88 Å². The molecule has 0 aliphatic rings. The Morgan fingerprint density at radius 1 is 0.933 bits per heavy atom. The van der Waals surface area contributed by atoms with Crippen molar-refractivity contribution in [3.8, 4) is 22.8 Å². The summed E-state index contributed by atoms with van der Waals surface area (Å²) in [5, 5.41) is 7.74. The molecule has 8 heteroatoms. The van der Waals surface area contributed by atoms with E-state index in [1.807, 2.05) is 69.3 Å². The molecule has 4 aromatic rings. The van der Waals surface area contributed by atoms with Crippen molar-refractivity contribution >= 4 is 0 Å². The van der Waals surface area contributed by atoms with E-state index in [1.165, 1.54) is 9.36 Å². The van der Waals surface area contributed by atoms with Crippen molar-refractivity contribution in [2.75, 3.05) is 0 Å². The molecule has 4 rings (SSSR count). The Hall–Kier alpha value is -3.81. The van der Waals surface area contributed by atoms with Gasteiger partial charge in [-0.25, -0.2) is 9.78 Å². The largest absolute Gasteiger partial charge is 0.473 e. The number of pyridine rings is 2. The molecule has 0 aliphatic carbocycles. The average Bonchev–Trinajstić information content (AvgIpc) is 3.05. The fourth-order valence-electron chi connectivity index (χ4n) is 3.27. The van der Waals surface area contributed by atoms with Crippen LogP contribution in [0.1, 0.15) is 22.5 Å². The van der Waals surface area contributed by atoms with Crippen LogP contribution >= 0.6 is 0 Å². The SMILES string of the molecule is Cc1cccc(-c2ccc(OCc3c(C)cccc3-n3nnn(C)c3=O)nc2C)n1. The van der Waals surface area contributed by atoms with Crippen LogP contribution in [0.3, 0.4) is 0 Å². The summed E-state index contributed by atoms with van der Waals surface area (Å²) in [7, 11) is 1.56. The van der Waals surface area contributed by atoms with E-state index < -0.39 is 0 Å². The Morgan fingerprint density at radius 2 is 1.73 bits per heavy atom. The fourth-order valence-corrected chi connectivity index (χ4v) is 3.27. The summed E-state index contributed by atoms with van der Waals surface area (Å²) >= 11 is 0. The molecule has 152 valence electrons. The zero-order valence-corrected chi connectivity index (χ0v) is 17.3. The Balaban J connectivity index is 1.61. The van der Waals surface area contributed by atoms with Crippen LogP contribution in [-0.4, -0.2) is 29.8 Å². The van der Waals surface area contributed by atoms with Crippen molar-refractivity contribution in [3.05, 3.63) is 81.5 Å². The highest BCUT2D eigenvalue weighted by Gasteiger charge is 2.14. The van der Waals surface area contributed by atoms with E-state index in [4.69, 9.17) is 4.74 Å². The first-order valence-corrected chi connectivity index (χ1v) is 9.56. The Labute approximate surface area is 173 Å². The molecule has 0 atom stereocenters. The maximum Gasteiger partial charge on any atom is 0.368 e. The Bertz CT molecular complexity index is 1270. The van der Waals surface area contributed by atoms with Crippen LogP contribution in [0, 0.1) is 20.8 Å². The van der Waals surface area contributed by atoms with Gasteiger partial charge in [0.2, 0.25) is 5.88 Å². The first-order valence-electron chi connectivity index (χ1n) is 9.56. The van der Waals surface area contributed by atoms with E-state index in [9.17, 15) is 4.79 Å². The molecule has 0 aliphatic heterocycles. The predicted octanol–water partition coefficient (Wildman–Crippen LogP) is 2.93. The fraction of sp³-hybridized carbons (Fsp3) is 0.227. The van der Waals surface area contributed by atoms with Crippen molar-refractivity contribution in [2.24, 2.45) is 7.05 Å². The Morgan fingerprint density at radius 3 is 2.43 bits per heavy atom. The quantitative estimate of drug-likeness (QED) is 0.510. The predicted molar refractivity (Wildman–Crippen MR) is 113 cm³/mol. The third-order valence-electron chi connectivity index (χ3n) is 4.92. The van der Waals surface area contributed by atoms with Crippen LogP contribution in [0.25, 0.3) is 16.9 Å². The summed E-state index contributed by atoms with van der Waals surface area (Å²) in [5.41, 5.74) is 5.81.